The molecule has 4 aromatic rings. The first-order chi connectivity index (χ1) is 15.5. The molecule has 0 aliphatic carbocycles. The number of carbonyl (C=O) groups excluding carboxylic acids is 1. The number of anilines is 2. The van der Waals surface area contributed by atoms with Crippen LogP contribution in [0.2, 0.25) is 0 Å². The van der Waals surface area contributed by atoms with Crippen molar-refractivity contribution in [2.45, 2.75) is 6.54 Å². The lowest BCUT2D eigenvalue weighted by Gasteiger charge is -2.11. The maximum atomic E-state index is 14.6. The number of benzene rings is 3. The Balaban J connectivity index is 1.44. The van der Waals surface area contributed by atoms with Crippen molar-refractivity contribution in [2.24, 2.45) is 5.73 Å². The lowest BCUT2D eigenvalue weighted by Crippen LogP contribution is -2.19. The van der Waals surface area contributed by atoms with E-state index in [0.717, 1.165) is 6.07 Å². The summed E-state index contributed by atoms with van der Waals surface area (Å²) in [5, 5.41) is 14.0. The molecule has 0 aliphatic rings. The third-order valence-electron chi connectivity index (χ3n) is 4.46. The highest BCUT2D eigenvalue weighted by molar-refractivity contribution is 5.99. The van der Waals surface area contributed by atoms with Gasteiger partial charge in [0.05, 0.1) is 34.6 Å². The van der Waals surface area contributed by atoms with E-state index >= 15 is 0 Å². The van der Waals surface area contributed by atoms with Crippen LogP contribution in [0.4, 0.5) is 20.6 Å². The van der Waals surface area contributed by atoms with E-state index in [1.165, 1.54) is 12.1 Å². The Hall–Kier alpha value is -4.55. The van der Waals surface area contributed by atoms with Gasteiger partial charge >= 0.3 is 6.03 Å². The number of halogens is 1. The molecule has 32 heavy (non-hydrogen) atoms. The Bertz CT molecular complexity index is 1330. The van der Waals surface area contributed by atoms with Gasteiger partial charge in [0.15, 0.2) is 11.6 Å². The molecule has 0 radical (unpaired) electrons. The molecule has 158 valence electrons. The molecule has 0 aliphatic heterocycles. The van der Waals surface area contributed by atoms with Gasteiger partial charge in [-0.1, -0.05) is 0 Å². The van der Waals surface area contributed by atoms with Crippen molar-refractivity contribution in [1.82, 2.24) is 9.97 Å². The zero-order chi connectivity index (χ0) is 22.5. The number of nitrogens with zero attached hydrogens (tertiary/aromatic N) is 3. The summed E-state index contributed by atoms with van der Waals surface area (Å²) in [6.45, 7) is 0.260. The Labute approximate surface area is 182 Å². The van der Waals surface area contributed by atoms with Gasteiger partial charge in [0.2, 0.25) is 0 Å². The molecule has 0 atom stereocenters. The second-order valence-corrected chi connectivity index (χ2v) is 6.73. The molecule has 0 unspecified atom stereocenters. The zero-order valence-electron chi connectivity index (χ0n) is 16.7. The van der Waals surface area contributed by atoms with Gasteiger partial charge in [-0.25, -0.2) is 14.2 Å². The van der Waals surface area contributed by atoms with E-state index in [9.17, 15) is 9.18 Å². The predicted molar refractivity (Wildman–Crippen MR) is 118 cm³/mol. The quantitative estimate of drug-likeness (QED) is 0.429. The van der Waals surface area contributed by atoms with Gasteiger partial charge in [-0.15, -0.1) is 0 Å². The smallest absolute Gasteiger partial charge is 0.323 e. The fourth-order valence-corrected chi connectivity index (χ4v) is 2.90. The van der Waals surface area contributed by atoms with Crippen molar-refractivity contribution in [1.29, 1.82) is 5.26 Å². The first kappa shape index (κ1) is 20.7. The largest absolute Gasteiger partial charge is 0.454 e. The molecule has 9 heteroatoms. The Kier molecular flexibility index (Phi) is 5.87. The van der Waals surface area contributed by atoms with E-state index in [0.29, 0.717) is 33.7 Å². The number of urea groups is 1. The van der Waals surface area contributed by atoms with Crippen LogP contribution in [0.15, 0.2) is 66.9 Å². The summed E-state index contributed by atoms with van der Waals surface area (Å²) >= 11 is 0. The number of carbonyl (C=O) groups is 1. The number of aromatic nitrogens is 2. The molecular weight excluding hydrogens is 411 g/mol. The maximum Gasteiger partial charge on any atom is 0.323 e. The lowest BCUT2D eigenvalue weighted by atomic mass is 10.2. The van der Waals surface area contributed by atoms with E-state index in [1.54, 1.807) is 48.7 Å². The highest BCUT2D eigenvalue weighted by Gasteiger charge is 2.10. The second-order valence-electron chi connectivity index (χ2n) is 6.73. The summed E-state index contributed by atoms with van der Waals surface area (Å²) in [5.41, 5.74) is 8.71. The Morgan fingerprint density at radius 2 is 1.78 bits per heavy atom. The number of fused-ring (bicyclic) bond motifs is 1. The highest BCUT2D eigenvalue weighted by Crippen LogP contribution is 2.28. The number of nitrogens with two attached hydrogens (primary N) is 1. The van der Waals surface area contributed by atoms with Gasteiger partial charge < -0.3 is 21.1 Å². The molecule has 0 saturated carbocycles. The number of hydrogen-bond acceptors (Lipinski definition) is 6. The van der Waals surface area contributed by atoms with Gasteiger partial charge in [0.1, 0.15) is 5.75 Å². The number of hydrogen-bond donors (Lipinski definition) is 3. The summed E-state index contributed by atoms with van der Waals surface area (Å²) < 4.78 is 20.2. The number of amides is 2. The van der Waals surface area contributed by atoms with Crippen LogP contribution in [0.25, 0.3) is 11.0 Å². The second kappa shape index (κ2) is 9.07. The van der Waals surface area contributed by atoms with Crippen LogP contribution < -0.4 is 21.1 Å². The van der Waals surface area contributed by atoms with Crippen LogP contribution in [0, 0.1) is 17.1 Å². The van der Waals surface area contributed by atoms with Crippen LogP contribution >= 0.6 is 0 Å². The van der Waals surface area contributed by atoms with E-state index in [1.807, 2.05) is 6.07 Å². The molecular formula is C23H17FN6O2. The number of rotatable bonds is 5. The summed E-state index contributed by atoms with van der Waals surface area (Å²) in [4.78, 5) is 20.8. The first-order valence-corrected chi connectivity index (χ1v) is 9.55. The third-order valence-corrected chi connectivity index (χ3v) is 4.46. The minimum Gasteiger partial charge on any atom is -0.454 e. The third kappa shape index (κ3) is 4.77. The van der Waals surface area contributed by atoms with Crippen molar-refractivity contribution in [3.05, 3.63) is 83.9 Å². The van der Waals surface area contributed by atoms with Crippen molar-refractivity contribution in [2.75, 3.05) is 10.6 Å². The topological polar surface area (TPSA) is 126 Å². The average Bonchev–Trinajstić information content (AvgIpc) is 2.80. The van der Waals surface area contributed by atoms with Crippen LogP contribution in [0.1, 0.15) is 11.3 Å². The van der Waals surface area contributed by atoms with Crippen molar-refractivity contribution in [3.63, 3.8) is 0 Å². The molecule has 2 amide bonds. The van der Waals surface area contributed by atoms with Crippen LogP contribution in [0.3, 0.4) is 0 Å². The summed E-state index contributed by atoms with van der Waals surface area (Å²) in [7, 11) is 0. The summed E-state index contributed by atoms with van der Waals surface area (Å²) in [6.07, 6.45) is 1.60. The fraction of sp³-hybridized carbons (Fsp3) is 0.0435. The van der Waals surface area contributed by atoms with Gasteiger partial charge in [-0.3, -0.25) is 4.98 Å². The Morgan fingerprint density at radius 1 is 1.03 bits per heavy atom. The molecule has 3 aromatic carbocycles. The predicted octanol–water partition coefficient (Wildman–Crippen LogP) is 4.54. The molecule has 1 heterocycles. The number of nitrogens with one attached hydrogen (secondary N) is 2. The average molecular weight is 428 g/mol. The van der Waals surface area contributed by atoms with Crippen LogP contribution in [-0.4, -0.2) is 16.0 Å². The van der Waals surface area contributed by atoms with Crippen molar-refractivity contribution < 1.29 is 13.9 Å². The Morgan fingerprint density at radius 3 is 2.50 bits per heavy atom. The van der Waals surface area contributed by atoms with E-state index in [2.05, 4.69) is 20.6 Å². The highest BCUT2D eigenvalue weighted by atomic mass is 19.1. The molecule has 0 fully saturated rings. The van der Waals surface area contributed by atoms with Crippen molar-refractivity contribution >= 4 is 28.4 Å². The van der Waals surface area contributed by atoms with Gasteiger partial charge in [-0.2, -0.15) is 5.26 Å². The summed E-state index contributed by atoms with van der Waals surface area (Å²) in [6, 6.07) is 16.9. The van der Waals surface area contributed by atoms with Gasteiger partial charge in [0.25, 0.3) is 0 Å². The first-order valence-electron chi connectivity index (χ1n) is 9.55. The fourth-order valence-electron chi connectivity index (χ4n) is 2.90. The summed E-state index contributed by atoms with van der Waals surface area (Å²) in [5.74, 6) is -0.271. The monoisotopic (exact) mass is 428 g/mol. The number of ether oxygens (including phenoxy) is 1. The normalized spacial score (nSPS) is 10.4. The SMILES string of the molecule is N#Cc1ccc(NC(=O)Nc2ccc(Oc3ccc4ncc(CN)nc4c3)c(F)c2)cc1. The minimum absolute atomic E-state index is 0.00895. The minimum atomic E-state index is -0.650. The van der Waals surface area contributed by atoms with E-state index in [4.69, 9.17) is 15.7 Å². The van der Waals surface area contributed by atoms with Crippen LogP contribution in [-0.2, 0) is 6.54 Å². The van der Waals surface area contributed by atoms with E-state index in [-0.39, 0.29) is 18.0 Å². The molecule has 0 saturated heterocycles. The molecule has 1 aromatic heterocycles. The zero-order valence-corrected chi connectivity index (χ0v) is 16.7. The standard InChI is InChI=1S/C23H17FN6O2/c24-19-9-16(30-23(31)29-15-3-1-14(11-25)2-4-15)5-8-22(19)32-18-6-7-20-21(10-18)28-17(12-26)13-27-20/h1-10,13H,12,26H2,(H2,29,30,31). The van der Waals surface area contributed by atoms with Crippen molar-refractivity contribution in [3.8, 4) is 17.6 Å². The van der Waals surface area contributed by atoms with E-state index < -0.39 is 11.8 Å². The molecule has 4 rings (SSSR count). The molecule has 8 nitrogen and oxygen atoms in total. The maximum absolute atomic E-state index is 14.6. The van der Waals surface area contributed by atoms with Gasteiger partial charge in [-0.05, 0) is 48.5 Å². The molecule has 0 bridgehead atoms. The number of nitriles is 1. The van der Waals surface area contributed by atoms with Gasteiger partial charge in [0, 0.05) is 30.1 Å². The molecule has 0 spiro atoms. The van der Waals surface area contributed by atoms with Crippen LogP contribution in [0.5, 0.6) is 11.5 Å². The molecule has 4 N–H and O–H groups in total. The lowest BCUT2D eigenvalue weighted by molar-refractivity contribution is 0.262.